The van der Waals surface area contributed by atoms with Crippen molar-refractivity contribution >= 4 is 11.7 Å². The van der Waals surface area contributed by atoms with Gasteiger partial charge in [-0.15, -0.1) is 10.2 Å². The lowest BCUT2D eigenvalue weighted by molar-refractivity contribution is 0.0697. The van der Waals surface area contributed by atoms with Crippen LogP contribution in [0.4, 0.5) is 5.69 Å². The number of aromatic nitrogens is 2. The van der Waals surface area contributed by atoms with Gasteiger partial charge >= 0.3 is 5.97 Å². The van der Waals surface area contributed by atoms with Gasteiger partial charge < -0.3 is 14.4 Å². The molecule has 1 aromatic heterocycles. The van der Waals surface area contributed by atoms with Gasteiger partial charge in [0, 0.05) is 49.0 Å². The van der Waals surface area contributed by atoms with Crippen molar-refractivity contribution in [3.8, 4) is 22.9 Å². The highest BCUT2D eigenvalue weighted by Gasteiger charge is 2.27. The van der Waals surface area contributed by atoms with Gasteiger partial charge in [0.2, 0.25) is 11.8 Å². The van der Waals surface area contributed by atoms with Crippen molar-refractivity contribution in [2.24, 2.45) is 5.92 Å². The molecular weight excluding hydrogens is 416 g/mol. The van der Waals surface area contributed by atoms with Crippen molar-refractivity contribution in [3.63, 3.8) is 0 Å². The van der Waals surface area contributed by atoms with E-state index >= 15 is 0 Å². The summed E-state index contributed by atoms with van der Waals surface area (Å²) < 4.78 is 5.84. The Balaban J connectivity index is 1.20. The van der Waals surface area contributed by atoms with Crippen LogP contribution in [0.1, 0.15) is 43.0 Å². The SMILES string of the molecule is CC1CCC(N2CCN(c3ccc(-c4nnc(-c5ccc(C(=O)O)cc5)o4)cc3)CC2)CC1. The number of hydrogen-bond donors (Lipinski definition) is 1. The minimum atomic E-state index is -0.960. The fourth-order valence-electron chi connectivity index (χ4n) is 4.98. The molecule has 7 heteroatoms. The summed E-state index contributed by atoms with van der Waals surface area (Å²) in [5.74, 6) is 0.765. The molecule has 5 rings (SSSR count). The maximum Gasteiger partial charge on any atom is 0.335 e. The van der Waals surface area contributed by atoms with Crippen LogP contribution in [0.5, 0.6) is 0 Å². The van der Waals surface area contributed by atoms with E-state index in [9.17, 15) is 4.79 Å². The van der Waals surface area contributed by atoms with E-state index in [-0.39, 0.29) is 5.56 Å². The number of rotatable bonds is 5. The van der Waals surface area contributed by atoms with Gasteiger partial charge in [0.1, 0.15) is 0 Å². The largest absolute Gasteiger partial charge is 0.478 e. The Morgan fingerprint density at radius 2 is 1.39 bits per heavy atom. The number of piperazine rings is 1. The van der Waals surface area contributed by atoms with Crippen LogP contribution in [0.3, 0.4) is 0 Å². The molecule has 2 heterocycles. The van der Waals surface area contributed by atoms with E-state index < -0.39 is 5.97 Å². The summed E-state index contributed by atoms with van der Waals surface area (Å²) in [5, 5.41) is 17.3. The quantitative estimate of drug-likeness (QED) is 0.603. The molecule has 33 heavy (non-hydrogen) atoms. The van der Waals surface area contributed by atoms with E-state index in [1.165, 1.54) is 43.5 Å². The highest BCUT2D eigenvalue weighted by molar-refractivity contribution is 5.88. The number of nitrogens with zero attached hydrogens (tertiary/aromatic N) is 4. The molecule has 1 N–H and O–H groups in total. The van der Waals surface area contributed by atoms with Gasteiger partial charge in [0.05, 0.1) is 5.56 Å². The van der Waals surface area contributed by atoms with E-state index in [0.29, 0.717) is 17.3 Å². The van der Waals surface area contributed by atoms with E-state index in [1.54, 1.807) is 12.1 Å². The Hall–Kier alpha value is -3.19. The molecule has 0 bridgehead atoms. The van der Waals surface area contributed by atoms with Crippen LogP contribution in [0.2, 0.25) is 0 Å². The summed E-state index contributed by atoms with van der Waals surface area (Å²) in [6.07, 6.45) is 5.45. The highest BCUT2D eigenvalue weighted by Crippen LogP contribution is 2.29. The molecule has 2 aromatic carbocycles. The molecule has 1 aliphatic carbocycles. The lowest BCUT2D eigenvalue weighted by atomic mass is 9.86. The molecule has 1 aliphatic heterocycles. The number of carboxylic acids is 1. The van der Waals surface area contributed by atoms with Crippen molar-refractivity contribution in [2.45, 2.75) is 38.6 Å². The first-order valence-corrected chi connectivity index (χ1v) is 11.8. The molecule has 0 unspecified atom stereocenters. The van der Waals surface area contributed by atoms with Crippen LogP contribution in [0.25, 0.3) is 22.9 Å². The van der Waals surface area contributed by atoms with Crippen molar-refractivity contribution in [1.82, 2.24) is 15.1 Å². The van der Waals surface area contributed by atoms with Gasteiger partial charge in [-0.2, -0.15) is 0 Å². The first-order valence-electron chi connectivity index (χ1n) is 11.8. The average Bonchev–Trinajstić information content (AvgIpc) is 3.35. The Morgan fingerprint density at radius 1 is 0.848 bits per heavy atom. The zero-order valence-electron chi connectivity index (χ0n) is 19.0. The van der Waals surface area contributed by atoms with E-state index in [0.717, 1.165) is 43.7 Å². The predicted molar refractivity (Wildman–Crippen MR) is 127 cm³/mol. The van der Waals surface area contributed by atoms with E-state index in [1.807, 2.05) is 12.1 Å². The second-order valence-electron chi connectivity index (χ2n) is 9.28. The Morgan fingerprint density at radius 3 is 1.94 bits per heavy atom. The molecule has 2 fully saturated rings. The number of carboxylic acid groups (broad SMARTS) is 1. The van der Waals surface area contributed by atoms with Gasteiger partial charge in [-0.1, -0.05) is 6.92 Å². The topological polar surface area (TPSA) is 82.7 Å². The molecule has 7 nitrogen and oxygen atoms in total. The third kappa shape index (κ3) is 4.78. The normalized spacial score (nSPS) is 21.8. The molecule has 3 aromatic rings. The first kappa shape index (κ1) is 21.6. The van der Waals surface area contributed by atoms with Crippen molar-refractivity contribution < 1.29 is 14.3 Å². The summed E-state index contributed by atoms with van der Waals surface area (Å²) in [6, 6.07) is 15.5. The van der Waals surface area contributed by atoms with Crippen LogP contribution in [0.15, 0.2) is 52.9 Å². The summed E-state index contributed by atoms with van der Waals surface area (Å²) in [5.41, 5.74) is 3.01. The molecule has 0 amide bonds. The monoisotopic (exact) mass is 446 g/mol. The zero-order valence-corrected chi connectivity index (χ0v) is 19.0. The Labute approximate surface area is 194 Å². The molecule has 172 valence electrons. The van der Waals surface area contributed by atoms with Gasteiger partial charge in [0.25, 0.3) is 0 Å². The van der Waals surface area contributed by atoms with Crippen LogP contribution >= 0.6 is 0 Å². The van der Waals surface area contributed by atoms with Crippen LogP contribution in [0, 0.1) is 5.92 Å². The smallest absolute Gasteiger partial charge is 0.335 e. The number of benzene rings is 2. The fourth-order valence-corrected chi connectivity index (χ4v) is 4.98. The lowest BCUT2D eigenvalue weighted by Crippen LogP contribution is -2.51. The van der Waals surface area contributed by atoms with Gasteiger partial charge in [-0.05, 0) is 80.1 Å². The third-order valence-electron chi connectivity index (χ3n) is 7.10. The van der Waals surface area contributed by atoms with Crippen molar-refractivity contribution in [1.29, 1.82) is 0 Å². The maximum atomic E-state index is 11.0. The molecule has 0 spiro atoms. The van der Waals surface area contributed by atoms with E-state index in [2.05, 4.69) is 39.1 Å². The molecule has 0 atom stereocenters. The summed E-state index contributed by atoms with van der Waals surface area (Å²) in [4.78, 5) is 16.2. The van der Waals surface area contributed by atoms with Gasteiger partial charge in [0.15, 0.2) is 0 Å². The predicted octanol–water partition coefficient (Wildman–Crippen LogP) is 4.80. The Kier molecular flexibility index (Phi) is 6.13. The van der Waals surface area contributed by atoms with Crippen LogP contribution in [-0.2, 0) is 0 Å². The van der Waals surface area contributed by atoms with Gasteiger partial charge in [-0.25, -0.2) is 4.79 Å². The molecule has 0 radical (unpaired) electrons. The minimum Gasteiger partial charge on any atom is -0.478 e. The standard InChI is InChI=1S/C26H30N4O3/c1-18-2-10-22(11-3-18)29-14-16-30(17-15-29)23-12-8-20(9-13-23)25-28-27-24(33-25)19-4-6-21(7-5-19)26(31)32/h4-9,12-13,18,22H,2-3,10-11,14-17H2,1H3,(H,31,32). The molecule has 2 aliphatic rings. The third-order valence-corrected chi connectivity index (χ3v) is 7.10. The minimum absolute atomic E-state index is 0.225. The molecule has 1 saturated heterocycles. The number of anilines is 1. The van der Waals surface area contributed by atoms with E-state index in [4.69, 9.17) is 9.52 Å². The second kappa shape index (κ2) is 9.35. The molecular formula is C26H30N4O3. The van der Waals surface area contributed by atoms with Crippen molar-refractivity contribution in [2.75, 3.05) is 31.1 Å². The average molecular weight is 447 g/mol. The Bertz CT molecular complexity index is 1080. The summed E-state index contributed by atoms with van der Waals surface area (Å²) in [7, 11) is 0. The highest BCUT2D eigenvalue weighted by atomic mass is 16.4. The number of carbonyl (C=O) groups is 1. The molecule has 1 saturated carbocycles. The lowest BCUT2D eigenvalue weighted by Gasteiger charge is -2.42. The number of aromatic carboxylic acids is 1. The zero-order chi connectivity index (χ0) is 22.8. The van der Waals surface area contributed by atoms with Crippen molar-refractivity contribution in [3.05, 3.63) is 54.1 Å². The van der Waals surface area contributed by atoms with Gasteiger partial charge in [-0.3, -0.25) is 4.90 Å². The summed E-state index contributed by atoms with van der Waals surface area (Å²) in [6.45, 7) is 6.76. The summed E-state index contributed by atoms with van der Waals surface area (Å²) >= 11 is 0. The van der Waals surface area contributed by atoms with Crippen LogP contribution in [-0.4, -0.2) is 58.4 Å². The maximum absolute atomic E-state index is 11.0. The second-order valence-corrected chi connectivity index (χ2v) is 9.28. The van der Waals surface area contributed by atoms with Crippen LogP contribution < -0.4 is 4.90 Å². The first-order chi connectivity index (χ1) is 16.1. The number of hydrogen-bond acceptors (Lipinski definition) is 6. The fraction of sp³-hybridized carbons (Fsp3) is 0.423.